The molecule has 0 amide bonds. The highest BCUT2D eigenvalue weighted by Gasteiger charge is 2.56. The molecule has 178 valence electrons. The molecule has 2 N–H and O–H groups in total. The quantitative estimate of drug-likeness (QED) is 0.248. The molecule has 4 nitrogen and oxygen atoms in total. The summed E-state index contributed by atoms with van der Waals surface area (Å²) in [5.41, 5.74) is 2.23. The van der Waals surface area contributed by atoms with Crippen LogP contribution in [0.4, 0.5) is 0 Å². The van der Waals surface area contributed by atoms with E-state index in [1.807, 2.05) is 32.9 Å². The zero-order chi connectivity index (χ0) is 23.7. The summed E-state index contributed by atoms with van der Waals surface area (Å²) in [4.78, 5) is 12.3. The number of carbonyl (C=O) groups excluding carboxylic acids is 1. The maximum absolute atomic E-state index is 12.3. The van der Waals surface area contributed by atoms with Crippen LogP contribution in [0.25, 0.3) is 0 Å². The Balaban J connectivity index is 1.79. The van der Waals surface area contributed by atoms with Crippen LogP contribution in [0, 0.1) is 22.7 Å². The monoisotopic (exact) mass is 442 g/mol. The second-order valence-electron chi connectivity index (χ2n) is 11.5. The van der Waals surface area contributed by atoms with Gasteiger partial charge < -0.3 is 14.9 Å². The number of hydrogen-bond acceptors (Lipinski definition) is 4. The molecule has 0 heterocycles. The number of ether oxygens (including phenoxy) is 1. The smallest absolute Gasteiger partial charge is 0.311 e. The van der Waals surface area contributed by atoms with Gasteiger partial charge in [-0.3, -0.25) is 4.79 Å². The van der Waals surface area contributed by atoms with Crippen LogP contribution in [-0.2, 0) is 16.0 Å². The third-order valence-corrected chi connectivity index (χ3v) is 7.70. The van der Waals surface area contributed by atoms with Gasteiger partial charge in [-0.15, -0.1) is 0 Å². The zero-order valence-electron chi connectivity index (χ0n) is 20.8. The fourth-order valence-electron chi connectivity index (χ4n) is 5.56. The van der Waals surface area contributed by atoms with E-state index < -0.39 is 5.41 Å². The molecule has 32 heavy (non-hydrogen) atoms. The first kappa shape index (κ1) is 24.7. The number of phenols is 2. The first-order valence-electron chi connectivity index (χ1n) is 12.4. The summed E-state index contributed by atoms with van der Waals surface area (Å²) >= 11 is 0. The van der Waals surface area contributed by atoms with Crippen LogP contribution >= 0.6 is 0 Å². The molecule has 1 aromatic carbocycles. The predicted octanol–water partition coefficient (Wildman–Crippen LogP) is 6.89. The average molecular weight is 443 g/mol. The van der Waals surface area contributed by atoms with Crippen molar-refractivity contribution in [2.75, 3.05) is 6.61 Å². The molecule has 3 aliphatic carbocycles. The van der Waals surface area contributed by atoms with Crippen LogP contribution in [0.2, 0.25) is 0 Å². The predicted molar refractivity (Wildman–Crippen MR) is 129 cm³/mol. The van der Waals surface area contributed by atoms with Crippen molar-refractivity contribution in [1.29, 1.82) is 0 Å². The lowest BCUT2D eigenvalue weighted by molar-refractivity contribution is -0.152. The molecule has 3 atom stereocenters. The third kappa shape index (κ3) is 5.00. The Morgan fingerprint density at radius 3 is 2.28 bits per heavy atom. The second kappa shape index (κ2) is 9.49. The van der Waals surface area contributed by atoms with Crippen LogP contribution in [0.1, 0.15) is 97.1 Å². The lowest BCUT2D eigenvalue weighted by Crippen LogP contribution is -2.52. The van der Waals surface area contributed by atoms with Crippen LogP contribution in [0.5, 0.6) is 11.5 Å². The molecule has 4 rings (SSSR count). The molecular weight excluding hydrogens is 400 g/mol. The minimum absolute atomic E-state index is 0.0414. The fourth-order valence-corrected chi connectivity index (χ4v) is 5.56. The fraction of sp³-hybridized carbons (Fsp3) is 0.679. The average Bonchev–Trinajstić information content (AvgIpc) is 2.70. The van der Waals surface area contributed by atoms with E-state index in [1.54, 1.807) is 0 Å². The maximum Gasteiger partial charge on any atom is 0.311 e. The van der Waals surface area contributed by atoms with E-state index in [0.717, 1.165) is 30.4 Å². The molecule has 1 unspecified atom stereocenters. The summed E-state index contributed by atoms with van der Waals surface area (Å²) in [6.45, 7) is 12.6. The molecule has 1 aromatic rings. The number of phenolic OH excluding ortho intramolecular Hbond substituents is 2. The summed E-state index contributed by atoms with van der Waals surface area (Å²) in [7, 11) is 0. The Kier molecular flexibility index (Phi) is 7.31. The molecule has 1 fully saturated rings. The van der Waals surface area contributed by atoms with Crippen molar-refractivity contribution >= 4 is 5.97 Å². The largest absolute Gasteiger partial charge is 0.507 e. The van der Waals surface area contributed by atoms with E-state index in [1.165, 1.54) is 25.7 Å². The highest BCUT2D eigenvalue weighted by Crippen LogP contribution is 2.65. The van der Waals surface area contributed by atoms with Crippen molar-refractivity contribution in [3.05, 3.63) is 34.9 Å². The van der Waals surface area contributed by atoms with Gasteiger partial charge in [0.25, 0.3) is 0 Å². The van der Waals surface area contributed by atoms with Gasteiger partial charge in [-0.05, 0) is 80.6 Å². The highest BCUT2D eigenvalue weighted by atomic mass is 16.5. The van der Waals surface area contributed by atoms with Gasteiger partial charge in [0.05, 0.1) is 5.41 Å². The van der Waals surface area contributed by atoms with E-state index >= 15 is 0 Å². The summed E-state index contributed by atoms with van der Waals surface area (Å²) in [6, 6.07) is 3.67. The van der Waals surface area contributed by atoms with Gasteiger partial charge in [-0.2, -0.15) is 0 Å². The number of allylic oxidation sites excluding steroid dienone is 1. The van der Waals surface area contributed by atoms with Gasteiger partial charge in [-0.25, -0.2) is 0 Å². The number of carbonyl (C=O) groups is 1. The molecule has 2 bridgehead atoms. The standard InChI is InChI=1S/C28H42O4/c1-7-8-9-10-11-12-18-13-23(29)25(24(30)14-18)20-15-19(17-32-26(31)27(2,3)4)21-16-22(20)28(21,5)6/h13-15,20-22,29-30H,7-12,16-17H2,1-6H3/t20?,21-,22+/m1/s1. The maximum atomic E-state index is 12.3. The van der Waals surface area contributed by atoms with Gasteiger partial charge in [-0.1, -0.05) is 52.5 Å². The lowest BCUT2D eigenvalue weighted by Gasteiger charge is -2.59. The molecule has 0 aromatic heterocycles. The Hall–Kier alpha value is -1.97. The van der Waals surface area contributed by atoms with Crippen molar-refractivity contribution in [2.45, 2.75) is 92.4 Å². The summed E-state index contributed by atoms with van der Waals surface area (Å²) in [6.07, 6.45) is 9.97. The second-order valence-corrected chi connectivity index (χ2v) is 11.5. The van der Waals surface area contributed by atoms with E-state index in [9.17, 15) is 15.0 Å². The lowest BCUT2D eigenvalue weighted by atomic mass is 9.45. The first-order chi connectivity index (χ1) is 15.0. The van der Waals surface area contributed by atoms with Crippen molar-refractivity contribution in [3.8, 4) is 11.5 Å². The van der Waals surface area contributed by atoms with Crippen LogP contribution < -0.4 is 0 Å². The topological polar surface area (TPSA) is 66.8 Å². The number of benzene rings is 1. The van der Waals surface area contributed by atoms with Crippen molar-refractivity contribution < 1.29 is 19.7 Å². The van der Waals surface area contributed by atoms with Gasteiger partial charge in [0.1, 0.15) is 18.1 Å². The highest BCUT2D eigenvalue weighted by molar-refractivity contribution is 5.75. The molecule has 4 heteroatoms. The number of rotatable bonds is 9. The SMILES string of the molecule is CCCCCCCc1cc(O)c(C2C=C(COC(=O)C(C)(C)C)[C@H]3C[C@@H]2C3(C)C)c(O)c1. The number of fused-ring (bicyclic) bond motifs is 1. The van der Waals surface area contributed by atoms with Gasteiger partial charge in [0.15, 0.2) is 0 Å². The van der Waals surface area contributed by atoms with E-state index in [2.05, 4.69) is 26.8 Å². The number of hydrogen-bond donors (Lipinski definition) is 2. The Morgan fingerprint density at radius 2 is 1.72 bits per heavy atom. The van der Waals surface area contributed by atoms with Crippen molar-refractivity contribution in [2.24, 2.45) is 22.7 Å². The van der Waals surface area contributed by atoms with Gasteiger partial charge in [0, 0.05) is 11.5 Å². The summed E-state index contributed by atoms with van der Waals surface area (Å²) < 4.78 is 5.64. The first-order valence-corrected chi connectivity index (χ1v) is 12.4. The normalized spacial score (nSPS) is 23.9. The van der Waals surface area contributed by atoms with Gasteiger partial charge in [0.2, 0.25) is 0 Å². The molecule has 3 aliphatic rings. The minimum Gasteiger partial charge on any atom is -0.507 e. The Labute approximate surface area is 194 Å². The van der Waals surface area contributed by atoms with E-state index in [4.69, 9.17) is 4.74 Å². The van der Waals surface area contributed by atoms with Crippen LogP contribution in [0.3, 0.4) is 0 Å². The number of aromatic hydroxyl groups is 2. The van der Waals surface area contributed by atoms with Crippen molar-refractivity contribution in [3.63, 3.8) is 0 Å². The Morgan fingerprint density at radius 1 is 1.09 bits per heavy atom. The number of esters is 1. The molecule has 0 spiro atoms. The zero-order valence-corrected chi connectivity index (χ0v) is 20.8. The van der Waals surface area contributed by atoms with E-state index in [0.29, 0.717) is 17.4 Å². The molecular formula is C28H42O4. The molecule has 0 radical (unpaired) electrons. The molecule has 0 saturated heterocycles. The summed E-state index contributed by atoms with van der Waals surface area (Å²) in [5.74, 6) is 0.818. The molecule has 0 aliphatic heterocycles. The van der Waals surface area contributed by atoms with Crippen molar-refractivity contribution in [1.82, 2.24) is 0 Å². The summed E-state index contributed by atoms with van der Waals surface area (Å²) in [5, 5.41) is 21.8. The number of unbranched alkanes of at least 4 members (excludes halogenated alkanes) is 4. The Bertz CT molecular complexity index is 836. The number of aryl methyl sites for hydroxylation is 1. The van der Waals surface area contributed by atoms with Crippen LogP contribution in [-0.4, -0.2) is 22.8 Å². The van der Waals surface area contributed by atoms with Crippen LogP contribution in [0.15, 0.2) is 23.8 Å². The van der Waals surface area contributed by atoms with E-state index in [-0.39, 0.29) is 35.4 Å². The third-order valence-electron chi connectivity index (χ3n) is 7.70. The minimum atomic E-state index is -0.533. The van der Waals surface area contributed by atoms with Gasteiger partial charge >= 0.3 is 5.97 Å². The molecule has 1 saturated carbocycles.